The first-order valence-corrected chi connectivity index (χ1v) is 14.9. The Hall–Kier alpha value is -1.24. The highest BCUT2D eigenvalue weighted by atomic mass is 16.6. The third-order valence-electron chi connectivity index (χ3n) is 12.4. The molecule has 1 heterocycles. The van der Waals surface area contributed by atoms with Crippen LogP contribution in [-0.4, -0.2) is 52.0 Å². The van der Waals surface area contributed by atoms with Gasteiger partial charge in [-0.3, -0.25) is 9.59 Å². The van der Waals surface area contributed by atoms with Crippen LogP contribution in [0.3, 0.4) is 0 Å². The van der Waals surface area contributed by atoms with Gasteiger partial charge in [-0.15, -0.1) is 0 Å². The minimum Gasteiger partial charge on any atom is -0.457 e. The molecule has 2 unspecified atom stereocenters. The lowest BCUT2D eigenvalue weighted by molar-refractivity contribution is -0.213. The molecule has 0 aromatic heterocycles. The zero-order chi connectivity index (χ0) is 28.2. The Morgan fingerprint density at radius 2 is 1.82 bits per heavy atom. The molecule has 38 heavy (non-hydrogen) atoms. The van der Waals surface area contributed by atoms with E-state index in [9.17, 15) is 19.8 Å². The summed E-state index contributed by atoms with van der Waals surface area (Å²) in [6.07, 6.45) is 3.94. The van der Waals surface area contributed by atoms with E-state index in [1.807, 2.05) is 0 Å². The van der Waals surface area contributed by atoms with E-state index in [2.05, 4.69) is 41.5 Å². The van der Waals surface area contributed by atoms with Gasteiger partial charge in [-0.25, -0.2) is 0 Å². The van der Waals surface area contributed by atoms with Gasteiger partial charge in [0.1, 0.15) is 5.78 Å². The lowest BCUT2D eigenvalue weighted by Gasteiger charge is -2.68. The van der Waals surface area contributed by atoms with Crippen LogP contribution in [0.2, 0.25) is 0 Å². The van der Waals surface area contributed by atoms with Crippen LogP contribution in [-0.2, 0) is 19.1 Å². The number of aliphatic hydroxyl groups excluding tert-OH is 1. The van der Waals surface area contributed by atoms with Crippen LogP contribution < -0.4 is 0 Å². The van der Waals surface area contributed by atoms with Gasteiger partial charge in [0.15, 0.2) is 6.10 Å². The van der Waals surface area contributed by atoms with E-state index < -0.39 is 23.8 Å². The molecular formula is C32H50O6. The molecule has 1 saturated heterocycles. The Morgan fingerprint density at radius 3 is 2.42 bits per heavy atom. The number of Topliss-reactive ketones (excluding diaryl/α,β-unsaturated/α-hetero) is 1. The van der Waals surface area contributed by atoms with Crippen molar-refractivity contribution in [3.8, 4) is 0 Å². The summed E-state index contributed by atoms with van der Waals surface area (Å²) in [5, 5.41) is 22.8. The molecule has 5 rings (SSSR count). The third kappa shape index (κ3) is 3.75. The average molecular weight is 531 g/mol. The van der Waals surface area contributed by atoms with Crippen molar-refractivity contribution >= 4 is 11.8 Å². The summed E-state index contributed by atoms with van der Waals surface area (Å²) < 4.78 is 12.4. The molecule has 6 heteroatoms. The second-order valence-electron chi connectivity index (χ2n) is 15.4. The smallest absolute Gasteiger partial charge is 0.303 e. The number of ketones is 1. The molecule has 0 amide bonds. The van der Waals surface area contributed by atoms with Gasteiger partial charge in [-0.1, -0.05) is 47.1 Å². The molecular weight excluding hydrogens is 480 g/mol. The lowest BCUT2D eigenvalue weighted by atomic mass is 9.36. The minimum atomic E-state index is -1.22. The Bertz CT molecular complexity index is 1050. The SMILES string of the molecule is CC(=O)O[C@H]([C@@H]1C[C@@H](C)C2=C3C[C@H](O)[C@H]4[C@@]5(C)CCC(=O)C(C)(C)C5CC[C@]4(C)[C@@]3(C)CC2O1)C(C)(C)O. The van der Waals surface area contributed by atoms with Gasteiger partial charge in [-0.2, -0.15) is 0 Å². The van der Waals surface area contributed by atoms with Crippen LogP contribution in [0.15, 0.2) is 11.1 Å². The summed E-state index contributed by atoms with van der Waals surface area (Å²) >= 11 is 0. The van der Waals surface area contributed by atoms with Gasteiger partial charge in [-0.05, 0) is 91.9 Å². The summed E-state index contributed by atoms with van der Waals surface area (Å²) in [7, 11) is 0. The zero-order valence-electron chi connectivity index (χ0n) is 25.0. The predicted octanol–water partition coefficient (Wildman–Crippen LogP) is 5.38. The number of hydrogen-bond donors (Lipinski definition) is 2. The van der Waals surface area contributed by atoms with Crippen LogP contribution in [0.1, 0.15) is 107 Å². The first-order chi connectivity index (χ1) is 17.4. The van der Waals surface area contributed by atoms with E-state index >= 15 is 0 Å². The van der Waals surface area contributed by atoms with Crippen LogP contribution in [0.25, 0.3) is 0 Å². The Labute approximate surface area is 228 Å². The quantitative estimate of drug-likeness (QED) is 0.376. The standard InChI is InChI=1S/C32H50O6/c1-17-14-21(27(29(5,6)36)37-18(2)33)38-22-16-32(9)19(25(17)22)15-20(34)26-30(7)12-11-24(35)28(3,4)23(30)10-13-31(26,32)8/h17,20-23,26-27,34,36H,10-16H2,1-9H3/t17-,20+,21+,22?,23?,26+,27-,30+,31+,32+/m1/s1. The maximum atomic E-state index is 13.0. The van der Waals surface area contributed by atoms with Crippen molar-refractivity contribution in [3.05, 3.63) is 11.1 Å². The summed E-state index contributed by atoms with van der Waals surface area (Å²) in [5.74, 6) is 0.564. The van der Waals surface area contributed by atoms with E-state index in [1.165, 1.54) is 18.1 Å². The normalized spacial score (nSPS) is 47.0. The van der Waals surface area contributed by atoms with Gasteiger partial charge >= 0.3 is 5.97 Å². The van der Waals surface area contributed by atoms with Crippen LogP contribution >= 0.6 is 0 Å². The maximum absolute atomic E-state index is 13.0. The number of carbonyl (C=O) groups excluding carboxylic acids is 2. The fraction of sp³-hybridized carbons (Fsp3) is 0.875. The van der Waals surface area contributed by atoms with Crippen LogP contribution in [0, 0.1) is 39.4 Å². The van der Waals surface area contributed by atoms with Crippen LogP contribution in [0.5, 0.6) is 0 Å². The summed E-state index contributed by atoms with van der Waals surface area (Å²) in [5.41, 5.74) is 0.799. The molecule has 0 spiro atoms. The molecule has 0 bridgehead atoms. The molecule has 2 N–H and O–H groups in total. The first-order valence-electron chi connectivity index (χ1n) is 14.9. The molecule has 4 aliphatic carbocycles. The molecule has 3 saturated carbocycles. The number of aliphatic hydroxyl groups is 2. The number of esters is 1. The summed E-state index contributed by atoms with van der Waals surface area (Å²) in [6, 6.07) is 0. The molecule has 214 valence electrons. The first kappa shape index (κ1) is 28.3. The fourth-order valence-electron chi connectivity index (χ4n) is 10.7. The molecule has 0 aromatic carbocycles. The summed E-state index contributed by atoms with van der Waals surface area (Å²) in [4.78, 5) is 24.9. The van der Waals surface area contributed by atoms with Crippen molar-refractivity contribution in [3.63, 3.8) is 0 Å². The van der Waals surface area contributed by atoms with Crippen molar-refractivity contribution < 1.29 is 29.3 Å². The number of ether oxygens (including phenoxy) is 2. The van der Waals surface area contributed by atoms with E-state index in [0.29, 0.717) is 25.0 Å². The number of rotatable bonds is 3. The van der Waals surface area contributed by atoms with Crippen molar-refractivity contribution in [1.82, 2.24) is 0 Å². The second-order valence-corrected chi connectivity index (χ2v) is 15.4. The Morgan fingerprint density at radius 1 is 1.16 bits per heavy atom. The monoisotopic (exact) mass is 530 g/mol. The topological polar surface area (TPSA) is 93.1 Å². The van der Waals surface area contributed by atoms with Gasteiger partial charge < -0.3 is 19.7 Å². The average Bonchev–Trinajstić information content (AvgIpc) is 3.07. The second kappa shape index (κ2) is 8.63. The van der Waals surface area contributed by atoms with Gasteiger partial charge in [0.2, 0.25) is 0 Å². The largest absolute Gasteiger partial charge is 0.457 e. The maximum Gasteiger partial charge on any atom is 0.303 e. The van der Waals surface area contributed by atoms with E-state index in [4.69, 9.17) is 9.47 Å². The van der Waals surface area contributed by atoms with E-state index in [1.54, 1.807) is 13.8 Å². The highest BCUT2D eigenvalue weighted by molar-refractivity contribution is 5.85. The minimum absolute atomic E-state index is 0.0901. The van der Waals surface area contributed by atoms with E-state index in [-0.39, 0.29) is 51.6 Å². The molecule has 0 radical (unpaired) electrons. The van der Waals surface area contributed by atoms with E-state index in [0.717, 1.165) is 25.7 Å². The van der Waals surface area contributed by atoms with Gasteiger partial charge in [0, 0.05) is 18.8 Å². The fourth-order valence-corrected chi connectivity index (χ4v) is 10.7. The molecule has 5 aliphatic rings. The lowest BCUT2D eigenvalue weighted by Crippen LogP contribution is -2.65. The molecule has 6 nitrogen and oxygen atoms in total. The zero-order valence-corrected chi connectivity index (χ0v) is 25.0. The number of carbonyl (C=O) groups is 2. The number of hydrogen-bond acceptors (Lipinski definition) is 6. The van der Waals surface area contributed by atoms with Crippen molar-refractivity contribution in [2.24, 2.45) is 39.4 Å². The van der Waals surface area contributed by atoms with Gasteiger partial charge in [0.25, 0.3) is 0 Å². The molecule has 1 aliphatic heterocycles. The third-order valence-corrected chi connectivity index (χ3v) is 12.4. The Balaban J connectivity index is 1.52. The van der Waals surface area contributed by atoms with Crippen molar-refractivity contribution in [2.75, 3.05) is 0 Å². The summed E-state index contributed by atoms with van der Waals surface area (Å²) in [6.45, 7) is 18.4. The van der Waals surface area contributed by atoms with Crippen LogP contribution in [0.4, 0.5) is 0 Å². The molecule has 4 fully saturated rings. The van der Waals surface area contributed by atoms with Crippen molar-refractivity contribution in [1.29, 1.82) is 0 Å². The highest BCUT2D eigenvalue weighted by Gasteiger charge is 2.70. The predicted molar refractivity (Wildman–Crippen MR) is 145 cm³/mol. The van der Waals surface area contributed by atoms with Crippen molar-refractivity contribution in [2.45, 2.75) is 137 Å². The van der Waals surface area contributed by atoms with Gasteiger partial charge in [0.05, 0.1) is 23.9 Å². The molecule has 10 atom stereocenters. The number of fused-ring (bicyclic) bond motifs is 6. The Kier molecular flexibility index (Phi) is 6.43. The molecule has 0 aromatic rings. The highest BCUT2D eigenvalue weighted by Crippen LogP contribution is 2.74.